The molecule has 24 heavy (non-hydrogen) atoms. The summed E-state index contributed by atoms with van der Waals surface area (Å²) in [6, 6.07) is 9.24. The van der Waals surface area contributed by atoms with Crippen molar-refractivity contribution >= 4 is 16.6 Å². The molecule has 5 nitrogen and oxygen atoms in total. The van der Waals surface area contributed by atoms with Gasteiger partial charge in [0.25, 0.3) is 0 Å². The van der Waals surface area contributed by atoms with Crippen LogP contribution in [0.4, 0.5) is 0 Å². The van der Waals surface area contributed by atoms with E-state index in [9.17, 15) is 4.79 Å². The quantitative estimate of drug-likeness (QED) is 0.578. The van der Waals surface area contributed by atoms with Crippen molar-refractivity contribution in [3.05, 3.63) is 47.8 Å². The standard InChI is InChI=1S/C19H15NO4/c1-22-13-5-4-10-6-7-20-18-16(10)17(13)11-8-14(23-2)15(24-3)9-12(11)19(18)21/h4-9H,1-3H3. The Bertz CT molecular complexity index is 994. The van der Waals surface area contributed by atoms with Crippen LogP contribution >= 0.6 is 0 Å². The molecule has 120 valence electrons. The topological polar surface area (TPSA) is 57.6 Å². The number of nitrogens with zero attached hydrogens (tertiary/aromatic N) is 1. The van der Waals surface area contributed by atoms with Gasteiger partial charge >= 0.3 is 0 Å². The predicted molar refractivity (Wildman–Crippen MR) is 90.3 cm³/mol. The van der Waals surface area contributed by atoms with E-state index in [2.05, 4.69) is 4.98 Å². The van der Waals surface area contributed by atoms with Gasteiger partial charge in [-0.15, -0.1) is 0 Å². The number of aromatic nitrogens is 1. The zero-order chi connectivity index (χ0) is 16.8. The Morgan fingerprint density at radius 3 is 2.17 bits per heavy atom. The van der Waals surface area contributed by atoms with Crippen LogP contribution in [0.3, 0.4) is 0 Å². The number of rotatable bonds is 3. The lowest BCUT2D eigenvalue weighted by molar-refractivity contribution is 0.103. The highest BCUT2D eigenvalue weighted by atomic mass is 16.5. The summed E-state index contributed by atoms with van der Waals surface area (Å²) >= 11 is 0. The van der Waals surface area contributed by atoms with Gasteiger partial charge in [-0.25, -0.2) is 0 Å². The molecule has 1 aromatic heterocycles. The van der Waals surface area contributed by atoms with Crippen LogP contribution in [0, 0.1) is 0 Å². The minimum atomic E-state index is -0.127. The lowest BCUT2D eigenvalue weighted by atomic mass is 9.84. The molecule has 0 amide bonds. The van der Waals surface area contributed by atoms with Crippen molar-refractivity contribution in [2.75, 3.05) is 21.3 Å². The summed E-state index contributed by atoms with van der Waals surface area (Å²) < 4.78 is 16.3. The number of ether oxygens (including phenoxy) is 3. The molecule has 0 bridgehead atoms. The zero-order valence-electron chi connectivity index (χ0n) is 13.5. The van der Waals surface area contributed by atoms with E-state index in [0.717, 1.165) is 21.9 Å². The van der Waals surface area contributed by atoms with Crippen molar-refractivity contribution in [1.82, 2.24) is 4.98 Å². The maximum Gasteiger partial charge on any atom is 0.212 e. The van der Waals surface area contributed by atoms with Crippen LogP contribution < -0.4 is 14.2 Å². The summed E-state index contributed by atoms with van der Waals surface area (Å²) in [6.07, 6.45) is 1.65. The molecule has 1 aliphatic carbocycles. The number of ketones is 1. The molecule has 0 radical (unpaired) electrons. The minimum absolute atomic E-state index is 0.127. The SMILES string of the molecule is COc1cc2c(cc1OC)-c1c(OC)ccc3ccnc(c13)C2=O. The highest BCUT2D eigenvalue weighted by Crippen LogP contribution is 2.47. The molecule has 1 aliphatic rings. The number of fused-ring (bicyclic) bond motifs is 2. The molecule has 0 unspecified atom stereocenters. The Balaban J connectivity index is 2.18. The first-order valence-corrected chi connectivity index (χ1v) is 7.46. The average Bonchev–Trinajstić information content (AvgIpc) is 2.64. The van der Waals surface area contributed by atoms with Crippen molar-refractivity contribution in [2.45, 2.75) is 0 Å². The lowest BCUT2D eigenvalue weighted by Crippen LogP contribution is -2.13. The molecule has 3 aromatic rings. The van der Waals surface area contributed by atoms with E-state index in [1.54, 1.807) is 33.6 Å². The van der Waals surface area contributed by atoms with E-state index >= 15 is 0 Å². The molecule has 0 fully saturated rings. The maximum atomic E-state index is 13.0. The fourth-order valence-corrected chi connectivity index (χ4v) is 3.26. The third-order valence-electron chi connectivity index (χ3n) is 4.37. The van der Waals surface area contributed by atoms with Crippen LogP contribution in [0.1, 0.15) is 16.1 Å². The van der Waals surface area contributed by atoms with Crippen molar-refractivity contribution in [2.24, 2.45) is 0 Å². The monoisotopic (exact) mass is 321 g/mol. The van der Waals surface area contributed by atoms with Crippen LogP contribution in [-0.4, -0.2) is 32.1 Å². The van der Waals surface area contributed by atoms with Gasteiger partial charge in [0.1, 0.15) is 11.4 Å². The van der Waals surface area contributed by atoms with Gasteiger partial charge < -0.3 is 14.2 Å². The number of carbonyl (C=O) groups is 1. The second-order valence-electron chi connectivity index (χ2n) is 5.48. The molecule has 5 heteroatoms. The fourth-order valence-electron chi connectivity index (χ4n) is 3.26. The van der Waals surface area contributed by atoms with E-state index in [0.29, 0.717) is 28.5 Å². The highest BCUT2D eigenvalue weighted by molar-refractivity contribution is 6.25. The van der Waals surface area contributed by atoms with Crippen LogP contribution in [0.2, 0.25) is 0 Å². The summed E-state index contributed by atoms with van der Waals surface area (Å²) in [5, 5.41) is 1.76. The highest BCUT2D eigenvalue weighted by Gasteiger charge is 2.30. The molecule has 2 aromatic carbocycles. The molecule has 4 rings (SSSR count). The largest absolute Gasteiger partial charge is 0.496 e. The normalized spacial score (nSPS) is 12.0. The third kappa shape index (κ3) is 1.81. The number of pyridine rings is 1. The molecule has 0 spiro atoms. The van der Waals surface area contributed by atoms with E-state index in [1.165, 1.54) is 0 Å². The Morgan fingerprint density at radius 2 is 1.50 bits per heavy atom. The zero-order valence-corrected chi connectivity index (χ0v) is 13.5. The first kappa shape index (κ1) is 14.5. The van der Waals surface area contributed by atoms with Crippen LogP contribution in [0.25, 0.3) is 21.9 Å². The predicted octanol–water partition coefficient (Wildman–Crippen LogP) is 3.47. The van der Waals surface area contributed by atoms with Crippen molar-refractivity contribution < 1.29 is 19.0 Å². The van der Waals surface area contributed by atoms with E-state index in [4.69, 9.17) is 14.2 Å². The van der Waals surface area contributed by atoms with Crippen molar-refractivity contribution in [3.63, 3.8) is 0 Å². The van der Waals surface area contributed by atoms with Crippen molar-refractivity contribution in [1.29, 1.82) is 0 Å². The Kier molecular flexibility index (Phi) is 3.16. The summed E-state index contributed by atoms with van der Waals surface area (Å²) in [5.41, 5.74) is 2.58. The Hall–Kier alpha value is -3.08. The number of methoxy groups -OCH3 is 3. The molecule has 0 aliphatic heterocycles. The molecule has 0 saturated carbocycles. The second kappa shape index (κ2) is 5.23. The van der Waals surface area contributed by atoms with Gasteiger partial charge in [0, 0.05) is 28.3 Å². The molecule has 0 atom stereocenters. The van der Waals surface area contributed by atoms with Gasteiger partial charge in [-0.2, -0.15) is 0 Å². The Labute approximate surface area is 138 Å². The average molecular weight is 321 g/mol. The van der Waals surface area contributed by atoms with Gasteiger partial charge in [-0.05, 0) is 29.7 Å². The summed E-state index contributed by atoms with van der Waals surface area (Å²) in [4.78, 5) is 17.3. The Morgan fingerprint density at radius 1 is 0.833 bits per heavy atom. The van der Waals surface area contributed by atoms with E-state index < -0.39 is 0 Å². The van der Waals surface area contributed by atoms with Gasteiger partial charge in [-0.1, -0.05) is 6.07 Å². The fraction of sp³-hybridized carbons (Fsp3) is 0.158. The first-order chi connectivity index (χ1) is 11.7. The first-order valence-electron chi connectivity index (χ1n) is 7.46. The smallest absolute Gasteiger partial charge is 0.212 e. The van der Waals surface area contributed by atoms with Gasteiger partial charge in [-0.3, -0.25) is 9.78 Å². The van der Waals surface area contributed by atoms with E-state index in [1.807, 2.05) is 24.3 Å². The summed E-state index contributed by atoms with van der Waals surface area (Å²) in [5.74, 6) is 1.64. The summed E-state index contributed by atoms with van der Waals surface area (Å²) in [6.45, 7) is 0. The van der Waals surface area contributed by atoms with Gasteiger partial charge in [0.05, 0.1) is 21.3 Å². The van der Waals surface area contributed by atoms with Gasteiger partial charge in [0.15, 0.2) is 11.5 Å². The minimum Gasteiger partial charge on any atom is -0.496 e. The van der Waals surface area contributed by atoms with Gasteiger partial charge in [0.2, 0.25) is 5.78 Å². The molecular formula is C19H15NO4. The van der Waals surface area contributed by atoms with Crippen LogP contribution in [0.5, 0.6) is 17.2 Å². The maximum absolute atomic E-state index is 13.0. The molecule has 0 saturated heterocycles. The lowest BCUT2D eigenvalue weighted by Gasteiger charge is -2.22. The number of benzene rings is 2. The summed E-state index contributed by atoms with van der Waals surface area (Å²) in [7, 11) is 4.73. The third-order valence-corrected chi connectivity index (χ3v) is 4.37. The van der Waals surface area contributed by atoms with Crippen molar-refractivity contribution in [3.8, 4) is 28.4 Å². The number of carbonyl (C=O) groups excluding carboxylic acids is 1. The van der Waals surface area contributed by atoms with Crippen LogP contribution in [-0.2, 0) is 0 Å². The number of hydrogen-bond acceptors (Lipinski definition) is 5. The second-order valence-corrected chi connectivity index (χ2v) is 5.48. The number of hydrogen-bond donors (Lipinski definition) is 0. The molecular weight excluding hydrogens is 306 g/mol. The van der Waals surface area contributed by atoms with E-state index in [-0.39, 0.29) is 5.78 Å². The molecule has 1 heterocycles. The molecule has 0 N–H and O–H groups in total. The van der Waals surface area contributed by atoms with Crippen LogP contribution in [0.15, 0.2) is 36.5 Å².